The molecule has 2 heteroatoms. The standard InChI is InChI=1S/C17H20O2/c1-11-7-8-14(9-12(11)2)17(18)16-10-13-5-3-4-6-15(13)19-16/h3-6,10-12,14H,7-9H2,1-2H3. The number of Topliss-reactive ketones (excluding diaryl/α,β-unsaturated/α-hetero) is 1. The predicted octanol–water partition coefficient (Wildman–Crippen LogP) is 4.69. The van der Waals surface area contributed by atoms with Crippen LogP contribution in [-0.4, -0.2) is 5.78 Å². The number of hydrogen-bond donors (Lipinski definition) is 0. The molecule has 0 N–H and O–H groups in total. The minimum absolute atomic E-state index is 0.145. The van der Waals surface area contributed by atoms with E-state index < -0.39 is 0 Å². The van der Waals surface area contributed by atoms with Crippen LogP contribution in [0.15, 0.2) is 34.7 Å². The summed E-state index contributed by atoms with van der Waals surface area (Å²) in [7, 11) is 0. The lowest BCUT2D eigenvalue weighted by Gasteiger charge is -2.30. The molecule has 2 aromatic rings. The van der Waals surface area contributed by atoms with Crippen molar-refractivity contribution in [3.63, 3.8) is 0 Å². The van der Waals surface area contributed by atoms with Crippen molar-refractivity contribution >= 4 is 16.8 Å². The second kappa shape index (κ2) is 4.84. The summed E-state index contributed by atoms with van der Waals surface area (Å²) in [5, 5.41) is 1.02. The molecule has 1 aliphatic rings. The normalized spacial score (nSPS) is 27.6. The molecule has 1 saturated carbocycles. The smallest absolute Gasteiger partial charge is 0.201 e. The molecule has 1 fully saturated rings. The number of ketones is 1. The number of rotatable bonds is 2. The number of benzene rings is 1. The Hall–Kier alpha value is -1.57. The van der Waals surface area contributed by atoms with Gasteiger partial charge in [-0.15, -0.1) is 0 Å². The first kappa shape index (κ1) is 12.5. The zero-order valence-electron chi connectivity index (χ0n) is 11.6. The van der Waals surface area contributed by atoms with Gasteiger partial charge >= 0.3 is 0 Å². The van der Waals surface area contributed by atoms with Gasteiger partial charge in [0.25, 0.3) is 0 Å². The van der Waals surface area contributed by atoms with Gasteiger partial charge in [-0.05, 0) is 43.2 Å². The minimum atomic E-state index is 0.145. The van der Waals surface area contributed by atoms with Gasteiger partial charge in [0, 0.05) is 11.3 Å². The molecule has 1 aromatic heterocycles. The van der Waals surface area contributed by atoms with Crippen LogP contribution in [0.3, 0.4) is 0 Å². The third-order valence-corrected chi connectivity index (χ3v) is 4.64. The molecule has 0 saturated heterocycles. The zero-order valence-corrected chi connectivity index (χ0v) is 11.6. The van der Waals surface area contributed by atoms with Crippen molar-refractivity contribution in [2.45, 2.75) is 33.1 Å². The highest BCUT2D eigenvalue weighted by Crippen LogP contribution is 2.35. The highest BCUT2D eigenvalue weighted by Gasteiger charge is 2.31. The van der Waals surface area contributed by atoms with E-state index >= 15 is 0 Å². The largest absolute Gasteiger partial charge is 0.453 e. The fourth-order valence-electron chi connectivity index (χ4n) is 3.09. The molecule has 3 atom stereocenters. The van der Waals surface area contributed by atoms with Gasteiger partial charge in [-0.3, -0.25) is 4.79 Å². The summed E-state index contributed by atoms with van der Waals surface area (Å²) >= 11 is 0. The number of hydrogen-bond acceptors (Lipinski definition) is 2. The average Bonchev–Trinajstić information content (AvgIpc) is 2.85. The second-order valence-electron chi connectivity index (χ2n) is 5.98. The first-order valence-corrected chi connectivity index (χ1v) is 7.18. The molecule has 1 aliphatic carbocycles. The summed E-state index contributed by atoms with van der Waals surface area (Å²) in [5.74, 6) is 2.24. The fourth-order valence-corrected chi connectivity index (χ4v) is 3.09. The molecule has 100 valence electrons. The van der Waals surface area contributed by atoms with E-state index in [-0.39, 0.29) is 11.7 Å². The van der Waals surface area contributed by atoms with Crippen molar-refractivity contribution in [1.82, 2.24) is 0 Å². The zero-order chi connectivity index (χ0) is 13.4. The summed E-state index contributed by atoms with van der Waals surface area (Å²) in [6, 6.07) is 9.69. The van der Waals surface area contributed by atoms with Gasteiger partial charge < -0.3 is 4.42 Å². The van der Waals surface area contributed by atoms with Crippen LogP contribution in [0.2, 0.25) is 0 Å². The minimum Gasteiger partial charge on any atom is -0.453 e. The van der Waals surface area contributed by atoms with Crippen molar-refractivity contribution in [3.05, 3.63) is 36.1 Å². The Balaban J connectivity index is 1.83. The van der Waals surface area contributed by atoms with Crippen LogP contribution in [0.25, 0.3) is 11.0 Å². The first-order chi connectivity index (χ1) is 9.15. The maximum Gasteiger partial charge on any atom is 0.201 e. The van der Waals surface area contributed by atoms with Crippen molar-refractivity contribution in [2.75, 3.05) is 0 Å². The summed E-state index contributed by atoms with van der Waals surface area (Å²) in [6.45, 7) is 4.54. The quantitative estimate of drug-likeness (QED) is 0.730. The summed E-state index contributed by atoms with van der Waals surface area (Å²) in [4.78, 5) is 12.5. The molecule has 1 heterocycles. The van der Waals surface area contributed by atoms with E-state index in [0.29, 0.717) is 11.7 Å². The molecule has 3 rings (SSSR count). The van der Waals surface area contributed by atoms with Gasteiger partial charge in [0.2, 0.25) is 5.78 Å². The monoisotopic (exact) mass is 256 g/mol. The third kappa shape index (κ3) is 2.32. The van der Waals surface area contributed by atoms with Gasteiger partial charge in [0.1, 0.15) is 5.58 Å². The fraction of sp³-hybridized carbons (Fsp3) is 0.471. The summed E-state index contributed by atoms with van der Waals surface area (Å²) < 4.78 is 5.70. The number of fused-ring (bicyclic) bond motifs is 1. The summed E-state index contributed by atoms with van der Waals surface area (Å²) in [5.41, 5.74) is 0.808. The highest BCUT2D eigenvalue weighted by molar-refractivity contribution is 5.99. The Morgan fingerprint density at radius 3 is 2.68 bits per heavy atom. The van der Waals surface area contributed by atoms with Crippen LogP contribution in [0.5, 0.6) is 0 Å². The average molecular weight is 256 g/mol. The Morgan fingerprint density at radius 2 is 1.95 bits per heavy atom. The molecule has 2 nitrogen and oxygen atoms in total. The Bertz CT molecular complexity index is 563. The number of carbonyl (C=O) groups excluding carboxylic acids is 1. The van der Waals surface area contributed by atoms with Crippen LogP contribution in [-0.2, 0) is 0 Å². The molecule has 1 aromatic carbocycles. The van der Waals surface area contributed by atoms with Gasteiger partial charge in [-0.2, -0.15) is 0 Å². The number of carbonyl (C=O) groups is 1. The highest BCUT2D eigenvalue weighted by atomic mass is 16.3. The predicted molar refractivity (Wildman–Crippen MR) is 76.2 cm³/mol. The molecular formula is C17H20O2. The molecule has 3 unspecified atom stereocenters. The first-order valence-electron chi connectivity index (χ1n) is 7.18. The molecule has 0 amide bonds. The molecule has 0 bridgehead atoms. The molecule has 19 heavy (non-hydrogen) atoms. The molecule has 0 aliphatic heterocycles. The number of furan rings is 1. The lowest BCUT2D eigenvalue weighted by molar-refractivity contribution is 0.0811. The molecule has 0 radical (unpaired) electrons. The SMILES string of the molecule is CC1CCC(C(=O)c2cc3ccccc3o2)CC1C. The van der Waals surface area contributed by atoms with E-state index in [0.717, 1.165) is 36.1 Å². The van der Waals surface area contributed by atoms with E-state index in [1.165, 1.54) is 0 Å². The van der Waals surface area contributed by atoms with Crippen LogP contribution in [0, 0.1) is 17.8 Å². The lowest BCUT2D eigenvalue weighted by Crippen LogP contribution is -2.26. The van der Waals surface area contributed by atoms with Crippen LogP contribution in [0.1, 0.15) is 43.7 Å². The van der Waals surface area contributed by atoms with E-state index in [4.69, 9.17) is 4.42 Å². The molecular weight excluding hydrogens is 236 g/mol. The van der Waals surface area contributed by atoms with Crippen LogP contribution >= 0.6 is 0 Å². The van der Waals surface area contributed by atoms with E-state index in [1.807, 2.05) is 30.3 Å². The van der Waals surface area contributed by atoms with Crippen molar-refractivity contribution in [3.8, 4) is 0 Å². The topological polar surface area (TPSA) is 30.2 Å². The lowest BCUT2D eigenvalue weighted by atomic mass is 9.74. The Kier molecular flexibility index (Phi) is 3.17. The summed E-state index contributed by atoms with van der Waals surface area (Å²) in [6.07, 6.45) is 3.15. The van der Waals surface area contributed by atoms with Gasteiger partial charge in [0.15, 0.2) is 5.76 Å². The Morgan fingerprint density at radius 1 is 1.16 bits per heavy atom. The van der Waals surface area contributed by atoms with Crippen LogP contribution < -0.4 is 0 Å². The van der Waals surface area contributed by atoms with Gasteiger partial charge in [-0.25, -0.2) is 0 Å². The van der Waals surface area contributed by atoms with Crippen molar-refractivity contribution in [2.24, 2.45) is 17.8 Å². The maximum atomic E-state index is 12.5. The van der Waals surface area contributed by atoms with Crippen molar-refractivity contribution < 1.29 is 9.21 Å². The second-order valence-corrected chi connectivity index (χ2v) is 5.98. The van der Waals surface area contributed by atoms with Crippen LogP contribution in [0.4, 0.5) is 0 Å². The molecule has 0 spiro atoms. The van der Waals surface area contributed by atoms with Crippen molar-refractivity contribution in [1.29, 1.82) is 0 Å². The van der Waals surface area contributed by atoms with E-state index in [2.05, 4.69) is 13.8 Å². The van der Waals surface area contributed by atoms with E-state index in [9.17, 15) is 4.79 Å². The van der Waals surface area contributed by atoms with Gasteiger partial charge in [0.05, 0.1) is 0 Å². The third-order valence-electron chi connectivity index (χ3n) is 4.64. The van der Waals surface area contributed by atoms with Gasteiger partial charge in [-0.1, -0.05) is 32.0 Å². The Labute approximate surface area is 113 Å². The maximum absolute atomic E-state index is 12.5. The number of para-hydroxylation sites is 1. The van der Waals surface area contributed by atoms with E-state index in [1.54, 1.807) is 0 Å².